The molecule has 0 spiro atoms. The third kappa shape index (κ3) is 4.29. The Bertz CT molecular complexity index is 589. The Kier molecular flexibility index (Phi) is 6.37. The van der Waals surface area contributed by atoms with Crippen molar-refractivity contribution in [2.45, 2.75) is 49.8 Å². The summed E-state index contributed by atoms with van der Waals surface area (Å²) in [4.78, 5) is 0. The van der Waals surface area contributed by atoms with Crippen molar-refractivity contribution in [2.75, 3.05) is 0 Å². The van der Waals surface area contributed by atoms with Crippen molar-refractivity contribution in [3.05, 3.63) is 71.8 Å². The molecule has 6 nitrogen and oxygen atoms in total. The van der Waals surface area contributed by atoms with E-state index in [9.17, 15) is 20.4 Å². The third-order valence-electron chi connectivity index (χ3n) is 4.62. The van der Waals surface area contributed by atoms with Gasteiger partial charge in [0, 0.05) is 0 Å². The minimum Gasteiger partial charge on any atom is -0.387 e. The summed E-state index contributed by atoms with van der Waals surface area (Å²) in [6, 6.07) is 18.5. The fourth-order valence-corrected chi connectivity index (χ4v) is 3.11. The van der Waals surface area contributed by atoms with Gasteiger partial charge < -0.3 is 29.9 Å². The molecule has 0 radical (unpaired) electrons. The van der Waals surface area contributed by atoms with Gasteiger partial charge in [-0.05, 0) is 11.1 Å². The van der Waals surface area contributed by atoms with E-state index in [2.05, 4.69) is 0 Å². The van der Waals surface area contributed by atoms with Gasteiger partial charge in [-0.25, -0.2) is 0 Å². The molecule has 1 aliphatic carbocycles. The molecule has 0 saturated heterocycles. The highest BCUT2D eigenvalue weighted by Gasteiger charge is 2.50. The summed E-state index contributed by atoms with van der Waals surface area (Å²) in [6.07, 6.45) is -7.74. The first-order valence-electron chi connectivity index (χ1n) is 8.61. The van der Waals surface area contributed by atoms with Crippen molar-refractivity contribution < 1.29 is 29.9 Å². The summed E-state index contributed by atoms with van der Waals surface area (Å²) in [5, 5.41) is 41.4. The number of hydrogen-bond acceptors (Lipinski definition) is 6. The van der Waals surface area contributed by atoms with Crippen LogP contribution in [0.3, 0.4) is 0 Å². The first-order valence-corrected chi connectivity index (χ1v) is 8.61. The van der Waals surface area contributed by atoms with Crippen LogP contribution in [-0.2, 0) is 22.7 Å². The largest absolute Gasteiger partial charge is 0.387 e. The predicted molar refractivity (Wildman–Crippen MR) is 94.1 cm³/mol. The molecule has 26 heavy (non-hydrogen) atoms. The van der Waals surface area contributed by atoms with Gasteiger partial charge in [-0.15, -0.1) is 0 Å². The standard InChI is InChI=1S/C20H24O6/c21-15-17(23)20(26-12-14-9-5-2-6-10-14)18(24)16(22)19(15)25-11-13-7-3-1-4-8-13/h1-10,15-24H,11-12H2/t15-,16-,17-,18+,19+,20+/m1/s1. The molecular formula is C20H24O6. The molecule has 1 saturated carbocycles. The molecule has 1 fully saturated rings. The maximum atomic E-state index is 10.3. The minimum absolute atomic E-state index is 0.147. The molecule has 0 amide bonds. The van der Waals surface area contributed by atoms with Crippen LogP contribution >= 0.6 is 0 Å². The highest BCUT2D eigenvalue weighted by molar-refractivity contribution is 5.15. The summed E-state index contributed by atoms with van der Waals surface area (Å²) in [7, 11) is 0. The lowest BCUT2D eigenvalue weighted by Gasteiger charge is -2.43. The van der Waals surface area contributed by atoms with Gasteiger partial charge in [-0.3, -0.25) is 0 Å². The Hall–Kier alpha value is -1.80. The molecule has 0 aliphatic heterocycles. The molecule has 3 rings (SSSR count). The van der Waals surface area contributed by atoms with Gasteiger partial charge in [0.15, 0.2) is 0 Å². The molecule has 0 bridgehead atoms. The van der Waals surface area contributed by atoms with Crippen molar-refractivity contribution in [3.63, 3.8) is 0 Å². The van der Waals surface area contributed by atoms with Gasteiger partial charge in [0.05, 0.1) is 13.2 Å². The lowest BCUT2D eigenvalue weighted by atomic mass is 9.84. The van der Waals surface area contributed by atoms with Crippen molar-refractivity contribution in [2.24, 2.45) is 0 Å². The van der Waals surface area contributed by atoms with E-state index in [4.69, 9.17) is 9.47 Å². The average Bonchev–Trinajstić information content (AvgIpc) is 2.68. The Morgan fingerprint density at radius 3 is 1.15 bits per heavy atom. The topological polar surface area (TPSA) is 99.4 Å². The van der Waals surface area contributed by atoms with Gasteiger partial charge in [-0.2, -0.15) is 0 Å². The van der Waals surface area contributed by atoms with Crippen LogP contribution in [0.15, 0.2) is 60.7 Å². The number of hydrogen-bond donors (Lipinski definition) is 4. The first kappa shape index (κ1) is 19.0. The van der Waals surface area contributed by atoms with Gasteiger partial charge in [0.25, 0.3) is 0 Å². The Balaban J connectivity index is 1.62. The maximum Gasteiger partial charge on any atom is 0.115 e. The molecule has 6 heteroatoms. The monoisotopic (exact) mass is 360 g/mol. The molecule has 0 heterocycles. The molecule has 2 aromatic rings. The fourth-order valence-electron chi connectivity index (χ4n) is 3.11. The maximum absolute atomic E-state index is 10.3. The molecule has 2 aromatic carbocycles. The van der Waals surface area contributed by atoms with E-state index in [0.717, 1.165) is 11.1 Å². The second kappa shape index (κ2) is 8.73. The van der Waals surface area contributed by atoms with E-state index in [-0.39, 0.29) is 13.2 Å². The van der Waals surface area contributed by atoms with Crippen LogP contribution < -0.4 is 0 Å². The molecule has 4 N–H and O–H groups in total. The Labute approximate surface area is 152 Å². The summed E-state index contributed by atoms with van der Waals surface area (Å²) in [5.74, 6) is 0. The van der Waals surface area contributed by atoms with Crippen molar-refractivity contribution in [3.8, 4) is 0 Å². The number of aliphatic hydroxyl groups is 4. The number of aliphatic hydroxyl groups excluding tert-OH is 4. The van der Waals surface area contributed by atoms with Crippen molar-refractivity contribution >= 4 is 0 Å². The number of benzene rings is 2. The van der Waals surface area contributed by atoms with Crippen molar-refractivity contribution in [1.29, 1.82) is 0 Å². The smallest absolute Gasteiger partial charge is 0.115 e. The Morgan fingerprint density at radius 1 is 0.538 bits per heavy atom. The second-order valence-electron chi connectivity index (χ2n) is 6.48. The fraction of sp³-hybridized carbons (Fsp3) is 0.400. The van der Waals surface area contributed by atoms with Crippen LogP contribution in [-0.4, -0.2) is 57.0 Å². The summed E-state index contributed by atoms with van der Waals surface area (Å²) in [6.45, 7) is 0.295. The van der Waals surface area contributed by atoms with E-state index in [0.29, 0.717) is 0 Å². The van der Waals surface area contributed by atoms with Crippen LogP contribution in [0.2, 0.25) is 0 Å². The van der Waals surface area contributed by atoms with Crippen LogP contribution in [0.25, 0.3) is 0 Å². The lowest BCUT2D eigenvalue weighted by Crippen LogP contribution is -2.64. The molecule has 140 valence electrons. The number of rotatable bonds is 6. The summed E-state index contributed by atoms with van der Waals surface area (Å²) >= 11 is 0. The minimum atomic E-state index is -1.38. The predicted octanol–water partition coefficient (Wildman–Crippen LogP) is 0.614. The zero-order chi connectivity index (χ0) is 18.5. The van der Waals surface area contributed by atoms with Gasteiger partial charge in [0.2, 0.25) is 0 Å². The van der Waals surface area contributed by atoms with Crippen LogP contribution in [0, 0.1) is 0 Å². The summed E-state index contributed by atoms with van der Waals surface area (Å²) < 4.78 is 11.1. The van der Waals surface area contributed by atoms with Crippen molar-refractivity contribution in [1.82, 2.24) is 0 Å². The van der Waals surface area contributed by atoms with Crippen LogP contribution in [0.5, 0.6) is 0 Å². The lowest BCUT2D eigenvalue weighted by molar-refractivity contribution is -0.250. The molecule has 0 aromatic heterocycles. The van der Waals surface area contributed by atoms with E-state index in [1.54, 1.807) is 0 Å². The number of ether oxygens (including phenoxy) is 2. The quantitative estimate of drug-likeness (QED) is 0.603. The SMILES string of the molecule is O[C@@H]1[C@@H](O)[C@H](OCc2ccccc2)[C@@H](O)[C@@H](O)[C@H]1OCc1ccccc1. The van der Waals surface area contributed by atoms with E-state index < -0.39 is 36.6 Å². The summed E-state index contributed by atoms with van der Waals surface area (Å²) in [5.41, 5.74) is 1.72. The van der Waals surface area contributed by atoms with E-state index in [1.807, 2.05) is 60.7 Å². The van der Waals surface area contributed by atoms with Gasteiger partial charge in [0.1, 0.15) is 36.6 Å². The highest BCUT2D eigenvalue weighted by atomic mass is 16.5. The van der Waals surface area contributed by atoms with Gasteiger partial charge in [-0.1, -0.05) is 60.7 Å². The second-order valence-corrected chi connectivity index (χ2v) is 6.48. The van der Waals surface area contributed by atoms with Gasteiger partial charge >= 0.3 is 0 Å². The van der Waals surface area contributed by atoms with Crippen LogP contribution in [0.4, 0.5) is 0 Å². The normalized spacial score (nSPS) is 31.7. The molecule has 1 aliphatic rings. The zero-order valence-corrected chi connectivity index (χ0v) is 14.3. The average molecular weight is 360 g/mol. The first-order chi connectivity index (χ1) is 12.6. The molecule has 0 unspecified atom stereocenters. The van der Waals surface area contributed by atoms with Crippen LogP contribution in [0.1, 0.15) is 11.1 Å². The van der Waals surface area contributed by atoms with E-state index >= 15 is 0 Å². The third-order valence-corrected chi connectivity index (χ3v) is 4.62. The molecular weight excluding hydrogens is 336 g/mol. The Morgan fingerprint density at radius 2 is 0.846 bits per heavy atom. The molecule has 6 atom stereocenters. The van der Waals surface area contributed by atoms with E-state index in [1.165, 1.54) is 0 Å². The zero-order valence-electron chi connectivity index (χ0n) is 14.3. The highest BCUT2D eigenvalue weighted by Crippen LogP contribution is 2.27.